The first-order valence-electron chi connectivity index (χ1n) is 9.97. The van der Waals surface area contributed by atoms with E-state index in [0.717, 1.165) is 58.7 Å². The summed E-state index contributed by atoms with van der Waals surface area (Å²) in [5.74, 6) is 0.630. The van der Waals surface area contributed by atoms with Crippen molar-refractivity contribution in [3.05, 3.63) is 47.9 Å². The molecule has 2 amide bonds. The van der Waals surface area contributed by atoms with Crippen molar-refractivity contribution in [2.75, 3.05) is 18.0 Å². The molecule has 0 unspecified atom stereocenters. The third kappa shape index (κ3) is 3.24. The van der Waals surface area contributed by atoms with Gasteiger partial charge in [-0.2, -0.15) is 0 Å². The van der Waals surface area contributed by atoms with Crippen LogP contribution in [0.15, 0.2) is 45.7 Å². The standard InChI is InChI=1S/C22H21N3O5/c1-13(26)23-10-17-11-25(22(27)29-17)16-5-6-18-14(9-16)3-2-4-19-20(24-30-21(18)19)15-7-8-28-12-15/h5-9,12,17H,2-4,10-11H2,1H3,(H,23,26)/t17-/m0/s1. The average Bonchev–Trinajstić information content (AvgIpc) is 3.44. The van der Waals surface area contributed by atoms with E-state index in [2.05, 4.69) is 10.5 Å². The van der Waals surface area contributed by atoms with Gasteiger partial charge in [-0.15, -0.1) is 0 Å². The van der Waals surface area contributed by atoms with Gasteiger partial charge in [-0.25, -0.2) is 4.79 Å². The van der Waals surface area contributed by atoms with Crippen LogP contribution in [0.1, 0.15) is 24.5 Å². The molecule has 0 radical (unpaired) electrons. The number of furan rings is 1. The van der Waals surface area contributed by atoms with Gasteiger partial charge < -0.3 is 19.0 Å². The fourth-order valence-electron chi connectivity index (χ4n) is 4.11. The van der Waals surface area contributed by atoms with Gasteiger partial charge in [-0.05, 0) is 49.1 Å². The summed E-state index contributed by atoms with van der Waals surface area (Å²) in [7, 11) is 0. The third-order valence-corrected chi connectivity index (χ3v) is 5.55. The van der Waals surface area contributed by atoms with E-state index in [1.165, 1.54) is 6.92 Å². The first kappa shape index (κ1) is 18.5. The van der Waals surface area contributed by atoms with Gasteiger partial charge in [0.05, 0.1) is 25.6 Å². The van der Waals surface area contributed by atoms with E-state index < -0.39 is 6.09 Å². The Morgan fingerprint density at radius 3 is 3.00 bits per heavy atom. The highest BCUT2D eigenvalue weighted by atomic mass is 16.6. The lowest BCUT2D eigenvalue weighted by Gasteiger charge is -2.15. The van der Waals surface area contributed by atoms with E-state index in [1.54, 1.807) is 17.4 Å². The molecular weight excluding hydrogens is 386 g/mol. The molecule has 3 heterocycles. The lowest BCUT2D eigenvalue weighted by atomic mass is 10.0. The normalized spacial score (nSPS) is 17.8. The average molecular weight is 407 g/mol. The minimum atomic E-state index is -0.401. The molecule has 0 saturated carbocycles. The van der Waals surface area contributed by atoms with E-state index >= 15 is 0 Å². The molecule has 1 aliphatic heterocycles. The minimum Gasteiger partial charge on any atom is -0.472 e. The number of rotatable bonds is 4. The van der Waals surface area contributed by atoms with Crippen molar-refractivity contribution in [2.45, 2.75) is 32.3 Å². The van der Waals surface area contributed by atoms with Crippen molar-refractivity contribution in [2.24, 2.45) is 0 Å². The van der Waals surface area contributed by atoms with Gasteiger partial charge in [0, 0.05) is 29.3 Å². The number of nitrogens with zero attached hydrogens (tertiary/aromatic N) is 2. The SMILES string of the molecule is CC(=O)NC[C@H]1CN(c2ccc3c(c2)CCCc2c(-c4ccoc4)noc2-3)C(=O)O1. The number of hydrogen-bond acceptors (Lipinski definition) is 6. The summed E-state index contributed by atoms with van der Waals surface area (Å²) < 4.78 is 16.3. The van der Waals surface area contributed by atoms with Crippen LogP contribution in [0, 0.1) is 0 Å². The summed E-state index contributed by atoms with van der Waals surface area (Å²) in [6.45, 7) is 2.15. The smallest absolute Gasteiger partial charge is 0.414 e. The van der Waals surface area contributed by atoms with Crippen LogP contribution in [-0.4, -0.2) is 36.4 Å². The summed E-state index contributed by atoms with van der Waals surface area (Å²) in [6, 6.07) is 7.78. The molecule has 154 valence electrons. The molecule has 3 aromatic rings. The van der Waals surface area contributed by atoms with Crippen LogP contribution in [0.25, 0.3) is 22.6 Å². The number of carbonyl (C=O) groups excluding carboxylic acids is 2. The number of aryl methyl sites for hydroxylation is 1. The van der Waals surface area contributed by atoms with Crippen molar-refractivity contribution >= 4 is 17.7 Å². The van der Waals surface area contributed by atoms with Crippen molar-refractivity contribution in [3.8, 4) is 22.6 Å². The van der Waals surface area contributed by atoms with Crippen molar-refractivity contribution in [1.29, 1.82) is 0 Å². The van der Waals surface area contributed by atoms with Gasteiger partial charge in [0.25, 0.3) is 0 Å². The second-order valence-corrected chi connectivity index (χ2v) is 7.60. The number of cyclic esters (lactones) is 1. The number of amides is 2. The molecule has 8 heteroatoms. The number of carbonyl (C=O) groups is 2. The highest BCUT2D eigenvalue weighted by molar-refractivity contribution is 5.90. The number of benzene rings is 1. The maximum Gasteiger partial charge on any atom is 0.414 e. The highest BCUT2D eigenvalue weighted by Gasteiger charge is 2.33. The van der Waals surface area contributed by atoms with E-state index in [4.69, 9.17) is 13.7 Å². The van der Waals surface area contributed by atoms with Crippen LogP contribution in [-0.2, 0) is 22.4 Å². The maximum atomic E-state index is 12.4. The lowest BCUT2D eigenvalue weighted by molar-refractivity contribution is -0.119. The predicted molar refractivity (Wildman–Crippen MR) is 108 cm³/mol. The number of anilines is 1. The molecule has 8 nitrogen and oxygen atoms in total. The van der Waals surface area contributed by atoms with Gasteiger partial charge in [-0.1, -0.05) is 5.16 Å². The summed E-state index contributed by atoms with van der Waals surface area (Å²) >= 11 is 0. The summed E-state index contributed by atoms with van der Waals surface area (Å²) in [4.78, 5) is 25.1. The number of hydrogen-bond donors (Lipinski definition) is 1. The van der Waals surface area contributed by atoms with Crippen LogP contribution in [0.4, 0.5) is 10.5 Å². The minimum absolute atomic E-state index is 0.146. The summed E-state index contributed by atoms with van der Waals surface area (Å²) in [5.41, 5.74) is 5.70. The van der Waals surface area contributed by atoms with Crippen LogP contribution in [0.2, 0.25) is 0 Å². The largest absolute Gasteiger partial charge is 0.472 e. The zero-order chi connectivity index (χ0) is 20.7. The zero-order valence-corrected chi connectivity index (χ0v) is 16.5. The number of aromatic nitrogens is 1. The number of nitrogens with one attached hydrogen (secondary N) is 1. The predicted octanol–water partition coefficient (Wildman–Crippen LogP) is 3.55. The quantitative estimate of drug-likeness (QED) is 0.710. The topological polar surface area (TPSA) is 97.8 Å². The third-order valence-electron chi connectivity index (χ3n) is 5.55. The number of ether oxygens (including phenoxy) is 1. The highest BCUT2D eigenvalue weighted by Crippen LogP contribution is 2.39. The monoisotopic (exact) mass is 407 g/mol. The molecule has 1 atom stereocenters. The Morgan fingerprint density at radius 1 is 1.30 bits per heavy atom. The molecule has 2 aliphatic rings. The van der Waals surface area contributed by atoms with Gasteiger partial charge >= 0.3 is 6.09 Å². The molecule has 1 saturated heterocycles. The maximum absolute atomic E-state index is 12.4. The van der Waals surface area contributed by atoms with Crippen molar-refractivity contribution in [3.63, 3.8) is 0 Å². The lowest BCUT2D eigenvalue weighted by Crippen LogP contribution is -2.33. The van der Waals surface area contributed by atoms with Crippen LogP contribution >= 0.6 is 0 Å². The van der Waals surface area contributed by atoms with Gasteiger partial charge in [0.15, 0.2) is 5.76 Å². The van der Waals surface area contributed by atoms with Crippen molar-refractivity contribution in [1.82, 2.24) is 10.5 Å². The molecule has 30 heavy (non-hydrogen) atoms. The molecule has 1 N–H and O–H groups in total. The van der Waals surface area contributed by atoms with E-state index in [1.807, 2.05) is 24.3 Å². The first-order valence-corrected chi connectivity index (χ1v) is 9.97. The Morgan fingerprint density at radius 2 is 2.20 bits per heavy atom. The van der Waals surface area contributed by atoms with Crippen LogP contribution < -0.4 is 10.2 Å². The fraction of sp³-hybridized carbons (Fsp3) is 0.318. The summed E-state index contributed by atoms with van der Waals surface area (Å²) in [6.07, 6.45) is 5.21. The Labute approximate surface area is 172 Å². The Kier molecular flexibility index (Phi) is 4.54. The Bertz CT molecular complexity index is 1100. The Balaban J connectivity index is 1.43. The molecule has 0 bridgehead atoms. The van der Waals surface area contributed by atoms with Crippen LogP contribution in [0.3, 0.4) is 0 Å². The molecule has 5 rings (SSSR count). The summed E-state index contributed by atoms with van der Waals surface area (Å²) in [5, 5.41) is 6.98. The second-order valence-electron chi connectivity index (χ2n) is 7.60. The number of fused-ring (bicyclic) bond motifs is 3. The van der Waals surface area contributed by atoms with Gasteiger partial charge in [0.2, 0.25) is 5.91 Å². The second kappa shape index (κ2) is 7.37. The van der Waals surface area contributed by atoms with Crippen molar-refractivity contribution < 1.29 is 23.3 Å². The molecule has 1 fully saturated rings. The first-order chi connectivity index (χ1) is 14.6. The molecule has 1 aliphatic carbocycles. The molecule has 0 spiro atoms. The molecule has 2 aromatic heterocycles. The zero-order valence-electron chi connectivity index (χ0n) is 16.5. The van der Waals surface area contributed by atoms with E-state index in [-0.39, 0.29) is 12.0 Å². The van der Waals surface area contributed by atoms with Gasteiger partial charge in [-0.3, -0.25) is 9.69 Å². The molecule has 1 aromatic carbocycles. The van der Waals surface area contributed by atoms with E-state index in [0.29, 0.717) is 13.1 Å². The fourth-order valence-corrected chi connectivity index (χ4v) is 4.11. The van der Waals surface area contributed by atoms with Gasteiger partial charge in [0.1, 0.15) is 11.8 Å². The van der Waals surface area contributed by atoms with Crippen LogP contribution in [0.5, 0.6) is 0 Å². The van der Waals surface area contributed by atoms with E-state index in [9.17, 15) is 9.59 Å². The molecular formula is C22H21N3O5. The Hall–Kier alpha value is -3.55.